The maximum Gasteiger partial charge on any atom is 0.147 e. The lowest BCUT2D eigenvalue weighted by atomic mass is 10.2. The normalized spacial score (nSPS) is 10.7. The highest BCUT2D eigenvalue weighted by atomic mass is 19.1. The molecule has 0 saturated heterocycles. The molecule has 1 N–H and O–H groups in total. The minimum Gasteiger partial charge on any atom is -0.359 e. The van der Waals surface area contributed by atoms with E-state index in [1.165, 1.54) is 12.3 Å². The monoisotopic (exact) mass is 153 g/mol. The van der Waals surface area contributed by atoms with Gasteiger partial charge in [-0.05, 0) is 18.2 Å². The molecule has 1 aromatic heterocycles. The van der Waals surface area contributed by atoms with Crippen molar-refractivity contribution in [3.63, 3.8) is 0 Å². The Bertz CT molecular complexity index is 356. The summed E-state index contributed by atoms with van der Waals surface area (Å²) in [7, 11) is 0. The van der Waals surface area contributed by atoms with Gasteiger partial charge in [0.05, 0.1) is 5.52 Å². The molecule has 2 aromatic rings. The van der Waals surface area contributed by atoms with Crippen LogP contribution < -0.4 is 0 Å². The van der Waals surface area contributed by atoms with Gasteiger partial charge in [0, 0.05) is 11.6 Å². The summed E-state index contributed by atoms with van der Waals surface area (Å²) < 4.78 is 25.6. The molecular weight excluding hydrogens is 148 g/mol. The van der Waals surface area contributed by atoms with Crippen LogP contribution in [0.15, 0.2) is 24.4 Å². The molecule has 0 aliphatic rings. The molecule has 3 heteroatoms. The summed E-state index contributed by atoms with van der Waals surface area (Å²) in [4.78, 5) is 2.61. The van der Waals surface area contributed by atoms with Crippen molar-refractivity contribution in [1.82, 2.24) is 4.98 Å². The van der Waals surface area contributed by atoms with Gasteiger partial charge in [-0.2, -0.15) is 0 Å². The molecule has 56 valence electrons. The molecule has 0 aliphatic heterocycles. The molecule has 0 aliphatic carbocycles. The average Bonchev–Trinajstić information content (AvgIpc) is 2.45. The van der Waals surface area contributed by atoms with E-state index in [4.69, 9.17) is 0 Å². The maximum atomic E-state index is 12.8. The van der Waals surface area contributed by atoms with Crippen LogP contribution >= 0.6 is 0 Å². The summed E-state index contributed by atoms with van der Waals surface area (Å²) in [6.07, 6.45) is 1.51. The van der Waals surface area contributed by atoms with Gasteiger partial charge in [0.2, 0.25) is 0 Å². The van der Waals surface area contributed by atoms with Crippen LogP contribution in [0.5, 0.6) is 0 Å². The predicted octanol–water partition coefficient (Wildman–Crippen LogP) is 2.45. The number of hydrogen-bond donors (Lipinski definition) is 1. The topological polar surface area (TPSA) is 15.8 Å². The first-order valence-corrected chi connectivity index (χ1v) is 3.20. The largest absolute Gasteiger partial charge is 0.359 e. The van der Waals surface area contributed by atoms with Gasteiger partial charge in [-0.25, -0.2) is 8.78 Å². The van der Waals surface area contributed by atoms with Gasteiger partial charge in [-0.1, -0.05) is 0 Å². The van der Waals surface area contributed by atoms with Gasteiger partial charge < -0.3 is 4.98 Å². The zero-order chi connectivity index (χ0) is 7.84. The fraction of sp³-hybridized carbons (Fsp3) is 0. The molecule has 1 heterocycles. The molecule has 11 heavy (non-hydrogen) atoms. The number of hydrogen-bond acceptors (Lipinski definition) is 0. The van der Waals surface area contributed by atoms with Gasteiger partial charge >= 0.3 is 0 Å². The third-order valence-electron chi connectivity index (χ3n) is 1.62. The highest BCUT2D eigenvalue weighted by Crippen LogP contribution is 2.18. The number of nitrogens with one attached hydrogen (secondary N) is 1. The number of rotatable bonds is 0. The Morgan fingerprint density at radius 1 is 1.00 bits per heavy atom. The van der Waals surface area contributed by atoms with Crippen molar-refractivity contribution in [2.75, 3.05) is 0 Å². The van der Waals surface area contributed by atoms with Crippen LogP contribution in [0.1, 0.15) is 0 Å². The summed E-state index contributed by atoms with van der Waals surface area (Å²) in [5.74, 6) is -0.825. The molecule has 0 radical (unpaired) electrons. The van der Waals surface area contributed by atoms with Crippen LogP contribution in [0.25, 0.3) is 10.9 Å². The Morgan fingerprint density at radius 3 is 2.45 bits per heavy atom. The Balaban J connectivity index is 2.96. The smallest absolute Gasteiger partial charge is 0.147 e. The molecule has 0 unspecified atom stereocenters. The summed E-state index contributed by atoms with van der Waals surface area (Å²) in [6.45, 7) is 0. The molecule has 0 amide bonds. The second kappa shape index (κ2) is 2.05. The van der Waals surface area contributed by atoms with E-state index in [0.29, 0.717) is 5.39 Å². The quantitative estimate of drug-likeness (QED) is 0.598. The molecule has 0 atom stereocenters. The lowest BCUT2D eigenvalue weighted by Gasteiger charge is -1.92. The maximum absolute atomic E-state index is 12.8. The lowest BCUT2D eigenvalue weighted by Crippen LogP contribution is -1.80. The number of H-pyrrole nitrogens is 1. The Kier molecular flexibility index (Phi) is 1.18. The third-order valence-corrected chi connectivity index (χ3v) is 1.62. The van der Waals surface area contributed by atoms with E-state index in [9.17, 15) is 8.78 Å². The van der Waals surface area contributed by atoms with E-state index in [1.807, 2.05) is 0 Å². The Morgan fingerprint density at radius 2 is 1.73 bits per heavy atom. The van der Waals surface area contributed by atoms with Gasteiger partial charge in [-0.3, -0.25) is 0 Å². The summed E-state index contributed by atoms with van der Waals surface area (Å²) >= 11 is 0. The van der Waals surface area contributed by atoms with Crippen molar-refractivity contribution in [3.05, 3.63) is 36.0 Å². The number of aromatic amines is 1. The van der Waals surface area contributed by atoms with E-state index >= 15 is 0 Å². The number of halogens is 2. The minimum atomic E-state index is -0.425. The first-order valence-electron chi connectivity index (χ1n) is 3.20. The zero-order valence-electron chi connectivity index (χ0n) is 5.57. The van der Waals surface area contributed by atoms with E-state index in [2.05, 4.69) is 4.98 Å². The van der Waals surface area contributed by atoms with Crippen molar-refractivity contribution in [2.24, 2.45) is 0 Å². The van der Waals surface area contributed by atoms with Crippen molar-refractivity contribution < 1.29 is 8.78 Å². The van der Waals surface area contributed by atoms with Gasteiger partial charge in [0.15, 0.2) is 0 Å². The standard InChI is InChI=1S/C8H5F2N/c9-6-1-2-7(10)8-5(6)3-4-11-8/h1-4,11H. The van der Waals surface area contributed by atoms with Crippen LogP contribution in [0.4, 0.5) is 8.78 Å². The fourth-order valence-electron chi connectivity index (χ4n) is 1.09. The minimum absolute atomic E-state index is 0.227. The second-order valence-corrected chi connectivity index (χ2v) is 2.30. The fourth-order valence-corrected chi connectivity index (χ4v) is 1.09. The second-order valence-electron chi connectivity index (χ2n) is 2.30. The highest BCUT2D eigenvalue weighted by Gasteiger charge is 2.04. The van der Waals surface area contributed by atoms with Crippen LogP contribution in [0.2, 0.25) is 0 Å². The molecule has 0 saturated carbocycles. The molecule has 0 fully saturated rings. The van der Waals surface area contributed by atoms with Gasteiger partial charge in [0.1, 0.15) is 11.6 Å². The number of aromatic nitrogens is 1. The molecule has 1 aromatic carbocycles. The molecule has 0 bridgehead atoms. The summed E-state index contributed by atoms with van der Waals surface area (Å²) in [5.41, 5.74) is 0.227. The number of fused-ring (bicyclic) bond motifs is 1. The van der Waals surface area contributed by atoms with Crippen molar-refractivity contribution in [1.29, 1.82) is 0 Å². The first-order chi connectivity index (χ1) is 5.29. The molecule has 1 nitrogen and oxygen atoms in total. The average molecular weight is 153 g/mol. The van der Waals surface area contributed by atoms with E-state index in [1.54, 1.807) is 0 Å². The Labute approximate surface area is 61.7 Å². The SMILES string of the molecule is Fc1ccc(F)c2[nH]ccc12. The zero-order valence-corrected chi connectivity index (χ0v) is 5.57. The summed E-state index contributed by atoms with van der Waals surface area (Å²) in [6, 6.07) is 3.73. The van der Waals surface area contributed by atoms with Crippen LogP contribution in [0.3, 0.4) is 0 Å². The van der Waals surface area contributed by atoms with E-state index in [-0.39, 0.29) is 5.52 Å². The van der Waals surface area contributed by atoms with Gasteiger partial charge in [-0.15, -0.1) is 0 Å². The molecular formula is C8H5F2N. The summed E-state index contributed by atoms with van der Waals surface area (Å²) in [5, 5.41) is 0.296. The third kappa shape index (κ3) is 0.808. The van der Waals surface area contributed by atoms with Crippen LogP contribution in [-0.4, -0.2) is 4.98 Å². The van der Waals surface area contributed by atoms with Crippen LogP contribution in [0, 0.1) is 11.6 Å². The van der Waals surface area contributed by atoms with Crippen molar-refractivity contribution in [2.45, 2.75) is 0 Å². The number of benzene rings is 1. The van der Waals surface area contributed by atoms with Gasteiger partial charge in [0.25, 0.3) is 0 Å². The van der Waals surface area contributed by atoms with Crippen molar-refractivity contribution in [3.8, 4) is 0 Å². The van der Waals surface area contributed by atoms with Crippen molar-refractivity contribution >= 4 is 10.9 Å². The lowest BCUT2D eigenvalue weighted by molar-refractivity contribution is 0.616. The Hall–Kier alpha value is -1.38. The predicted molar refractivity (Wildman–Crippen MR) is 38.2 cm³/mol. The molecule has 0 spiro atoms. The highest BCUT2D eigenvalue weighted by molar-refractivity contribution is 5.80. The molecule has 2 rings (SSSR count). The van der Waals surface area contributed by atoms with E-state index in [0.717, 1.165) is 12.1 Å². The van der Waals surface area contributed by atoms with E-state index < -0.39 is 11.6 Å². The van der Waals surface area contributed by atoms with Crippen LogP contribution in [-0.2, 0) is 0 Å². The first kappa shape index (κ1) is 6.34.